The topological polar surface area (TPSA) is 22.1 Å². The number of ether oxygens (including phenoxy) is 1. The molecule has 0 saturated heterocycles. The quantitative estimate of drug-likeness (QED) is 0.702. The number of pyridine rings is 1. The first-order valence-electron chi connectivity index (χ1n) is 6.14. The van der Waals surface area contributed by atoms with E-state index in [-0.39, 0.29) is 5.02 Å². The molecule has 0 radical (unpaired) electrons. The van der Waals surface area contributed by atoms with Crippen LogP contribution in [-0.4, -0.2) is 4.98 Å². The Morgan fingerprint density at radius 1 is 1.10 bits per heavy atom. The predicted molar refractivity (Wildman–Crippen MR) is 77.5 cm³/mol. The van der Waals surface area contributed by atoms with Crippen molar-refractivity contribution in [2.75, 3.05) is 0 Å². The molecule has 3 rings (SSSR count). The summed E-state index contributed by atoms with van der Waals surface area (Å²) in [5, 5.41) is 1.12. The first kappa shape index (κ1) is 12.9. The van der Waals surface area contributed by atoms with E-state index in [9.17, 15) is 4.39 Å². The summed E-state index contributed by atoms with van der Waals surface area (Å²) in [7, 11) is 0. The lowest BCUT2D eigenvalue weighted by molar-refractivity contribution is 0.307. The second-order valence-electron chi connectivity index (χ2n) is 4.36. The van der Waals surface area contributed by atoms with E-state index in [2.05, 4.69) is 4.98 Å². The van der Waals surface area contributed by atoms with Crippen LogP contribution < -0.4 is 4.74 Å². The summed E-state index contributed by atoms with van der Waals surface area (Å²) in [5.41, 5.74) is 1.88. The van der Waals surface area contributed by atoms with Crippen LogP contribution in [-0.2, 0) is 6.61 Å². The smallest absolute Gasteiger partial charge is 0.142 e. The Morgan fingerprint density at radius 3 is 2.80 bits per heavy atom. The van der Waals surface area contributed by atoms with E-state index < -0.39 is 5.82 Å². The van der Waals surface area contributed by atoms with Gasteiger partial charge in [-0.15, -0.1) is 0 Å². The summed E-state index contributed by atoms with van der Waals surface area (Å²) < 4.78 is 18.7. The van der Waals surface area contributed by atoms with Gasteiger partial charge in [0.2, 0.25) is 0 Å². The van der Waals surface area contributed by atoms with E-state index in [1.165, 1.54) is 12.1 Å². The molecule has 2 aromatic carbocycles. The molecular formula is C16H11ClFNO. The minimum absolute atomic E-state index is 0.0542. The summed E-state index contributed by atoms with van der Waals surface area (Å²) in [6, 6.07) is 14.1. The molecule has 0 aliphatic rings. The summed E-state index contributed by atoms with van der Waals surface area (Å²) in [6.45, 7) is 0.357. The van der Waals surface area contributed by atoms with Crippen molar-refractivity contribution in [2.45, 2.75) is 6.61 Å². The summed E-state index contributed by atoms with van der Waals surface area (Å²) >= 11 is 5.72. The third-order valence-corrected chi connectivity index (χ3v) is 3.29. The third-order valence-electron chi connectivity index (χ3n) is 3.00. The van der Waals surface area contributed by atoms with Crippen molar-refractivity contribution in [2.24, 2.45) is 0 Å². The van der Waals surface area contributed by atoms with E-state index in [4.69, 9.17) is 16.3 Å². The van der Waals surface area contributed by atoms with Gasteiger partial charge < -0.3 is 4.74 Å². The predicted octanol–water partition coefficient (Wildman–Crippen LogP) is 4.61. The average Bonchev–Trinajstić information content (AvgIpc) is 2.48. The van der Waals surface area contributed by atoms with Crippen LogP contribution in [0.2, 0.25) is 5.02 Å². The Hall–Kier alpha value is -2.13. The Labute approximate surface area is 120 Å². The van der Waals surface area contributed by atoms with Crippen LogP contribution in [0, 0.1) is 5.82 Å². The molecule has 20 heavy (non-hydrogen) atoms. The molecule has 0 bridgehead atoms. The molecule has 1 aromatic heterocycles. The zero-order chi connectivity index (χ0) is 13.9. The van der Waals surface area contributed by atoms with Gasteiger partial charge in [-0.3, -0.25) is 4.98 Å². The van der Waals surface area contributed by atoms with Crippen molar-refractivity contribution in [3.05, 3.63) is 71.1 Å². The number of benzene rings is 2. The van der Waals surface area contributed by atoms with Gasteiger partial charge in [-0.25, -0.2) is 4.39 Å². The molecular weight excluding hydrogens is 277 g/mol. The Bertz CT molecular complexity index is 755. The van der Waals surface area contributed by atoms with Crippen molar-refractivity contribution in [1.29, 1.82) is 0 Å². The molecule has 0 amide bonds. The van der Waals surface area contributed by atoms with Crippen LogP contribution >= 0.6 is 11.6 Å². The van der Waals surface area contributed by atoms with Gasteiger partial charge in [-0.1, -0.05) is 35.9 Å². The first-order chi connectivity index (χ1) is 9.74. The maximum Gasteiger partial charge on any atom is 0.142 e. The van der Waals surface area contributed by atoms with Crippen LogP contribution in [0.4, 0.5) is 4.39 Å². The number of hydrogen-bond acceptors (Lipinski definition) is 2. The lowest BCUT2D eigenvalue weighted by atomic mass is 10.1. The lowest BCUT2D eigenvalue weighted by Crippen LogP contribution is -1.97. The average molecular weight is 288 g/mol. The van der Waals surface area contributed by atoms with Crippen molar-refractivity contribution < 1.29 is 9.13 Å². The highest BCUT2D eigenvalue weighted by atomic mass is 35.5. The van der Waals surface area contributed by atoms with Gasteiger partial charge in [0.15, 0.2) is 0 Å². The number of nitrogens with zero attached hydrogens (tertiary/aromatic N) is 1. The molecule has 0 aliphatic heterocycles. The van der Waals surface area contributed by atoms with Crippen LogP contribution in [0.15, 0.2) is 54.7 Å². The number of rotatable bonds is 3. The molecule has 0 spiro atoms. The van der Waals surface area contributed by atoms with Crippen molar-refractivity contribution >= 4 is 22.5 Å². The van der Waals surface area contributed by atoms with E-state index >= 15 is 0 Å². The third kappa shape index (κ3) is 2.58. The van der Waals surface area contributed by atoms with Gasteiger partial charge in [0, 0.05) is 23.2 Å². The van der Waals surface area contributed by atoms with E-state index in [1.807, 2.05) is 30.3 Å². The number of hydrogen-bond donors (Lipinski definition) is 0. The molecule has 0 saturated carbocycles. The maximum absolute atomic E-state index is 13.1. The van der Waals surface area contributed by atoms with Crippen molar-refractivity contribution in [1.82, 2.24) is 4.98 Å². The summed E-state index contributed by atoms with van der Waals surface area (Å²) in [6.07, 6.45) is 1.75. The van der Waals surface area contributed by atoms with Gasteiger partial charge in [-0.05, 0) is 18.2 Å². The zero-order valence-corrected chi connectivity index (χ0v) is 11.3. The molecule has 1 heterocycles. The molecule has 0 aliphatic carbocycles. The lowest BCUT2D eigenvalue weighted by Gasteiger charge is -2.09. The molecule has 4 heteroatoms. The van der Waals surface area contributed by atoms with Gasteiger partial charge in [0.05, 0.1) is 10.5 Å². The standard InChI is InChI=1S/C16H11ClFNO/c17-14-9-13(6-7-15(14)18)20-10-12-4-1-3-11-5-2-8-19-16(11)12/h1-9H,10H2. The van der Waals surface area contributed by atoms with Gasteiger partial charge in [-0.2, -0.15) is 0 Å². The summed E-state index contributed by atoms with van der Waals surface area (Å²) in [4.78, 5) is 4.36. The second kappa shape index (κ2) is 5.47. The van der Waals surface area contributed by atoms with Crippen LogP contribution in [0.5, 0.6) is 5.75 Å². The Kier molecular flexibility index (Phi) is 3.52. The van der Waals surface area contributed by atoms with Crippen molar-refractivity contribution in [3.63, 3.8) is 0 Å². The summed E-state index contributed by atoms with van der Waals surface area (Å²) in [5.74, 6) is 0.0789. The first-order valence-corrected chi connectivity index (χ1v) is 6.52. The monoisotopic (exact) mass is 287 g/mol. The minimum atomic E-state index is -0.453. The van der Waals surface area contributed by atoms with Crippen LogP contribution in [0.3, 0.4) is 0 Å². The molecule has 100 valence electrons. The Morgan fingerprint density at radius 2 is 1.95 bits per heavy atom. The number of fused-ring (bicyclic) bond motifs is 1. The minimum Gasteiger partial charge on any atom is -0.489 e. The number of aromatic nitrogens is 1. The van der Waals surface area contributed by atoms with E-state index in [0.717, 1.165) is 16.5 Å². The zero-order valence-electron chi connectivity index (χ0n) is 10.5. The van der Waals surface area contributed by atoms with Crippen LogP contribution in [0.25, 0.3) is 10.9 Å². The molecule has 0 atom stereocenters. The van der Waals surface area contributed by atoms with Crippen LogP contribution in [0.1, 0.15) is 5.56 Å². The number of para-hydroxylation sites is 1. The molecule has 2 nitrogen and oxygen atoms in total. The normalized spacial score (nSPS) is 10.7. The Balaban J connectivity index is 1.85. The SMILES string of the molecule is Fc1ccc(OCc2cccc3cccnc23)cc1Cl. The van der Waals surface area contributed by atoms with Gasteiger partial charge in [0.1, 0.15) is 18.2 Å². The molecule has 0 fully saturated rings. The fourth-order valence-corrected chi connectivity index (χ4v) is 2.18. The maximum atomic E-state index is 13.1. The fourth-order valence-electron chi connectivity index (χ4n) is 2.01. The fraction of sp³-hybridized carbons (Fsp3) is 0.0625. The highest BCUT2D eigenvalue weighted by molar-refractivity contribution is 6.30. The molecule has 3 aromatic rings. The van der Waals surface area contributed by atoms with E-state index in [1.54, 1.807) is 12.3 Å². The van der Waals surface area contributed by atoms with E-state index in [0.29, 0.717) is 12.4 Å². The second-order valence-corrected chi connectivity index (χ2v) is 4.76. The molecule has 0 unspecified atom stereocenters. The highest BCUT2D eigenvalue weighted by Crippen LogP contribution is 2.23. The molecule has 0 N–H and O–H groups in total. The largest absolute Gasteiger partial charge is 0.489 e. The van der Waals surface area contributed by atoms with Gasteiger partial charge >= 0.3 is 0 Å². The number of halogens is 2. The van der Waals surface area contributed by atoms with Crippen molar-refractivity contribution in [3.8, 4) is 5.75 Å². The highest BCUT2D eigenvalue weighted by Gasteiger charge is 2.05. The van der Waals surface area contributed by atoms with Gasteiger partial charge in [0.25, 0.3) is 0 Å².